The van der Waals surface area contributed by atoms with Crippen LogP contribution >= 0.6 is 0 Å². The summed E-state index contributed by atoms with van der Waals surface area (Å²) in [6.07, 6.45) is 0.0104. The lowest BCUT2D eigenvalue weighted by Crippen LogP contribution is -2.33. The van der Waals surface area contributed by atoms with Crippen LogP contribution in [0, 0.1) is 5.82 Å². The Morgan fingerprint density at radius 3 is 2.81 bits per heavy atom. The van der Waals surface area contributed by atoms with E-state index < -0.39 is 23.9 Å². The molecule has 2 heterocycles. The monoisotopic (exact) mass is 377 g/mol. The van der Waals surface area contributed by atoms with Gasteiger partial charge in [0, 0.05) is 18.1 Å². The third-order valence-corrected chi connectivity index (χ3v) is 3.95. The number of hydrogen-bond acceptors (Lipinski definition) is 6. The number of nitrogens with zero attached hydrogens (tertiary/aromatic N) is 1. The van der Waals surface area contributed by atoms with Gasteiger partial charge in [0.25, 0.3) is 0 Å². The first-order chi connectivity index (χ1) is 12.9. The van der Waals surface area contributed by atoms with Gasteiger partial charge in [0.05, 0.1) is 25.0 Å². The molecule has 1 aliphatic rings. The lowest BCUT2D eigenvalue weighted by molar-refractivity contribution is -0.119. The van der Waals surface area contributed by atoms with Crippen molar-refractivity contribution in [3.05, 3.63) is 42.1 Å². The van der Waals surface area contributed by atoms with Crippen molar-refractivity contribution in [2.45, 2.75) is 13.0 Å². The first kappa shape index (κ1) is 18.4. The number of anilines is 1. The molecule has 3 N–H and O–H groups in total. The third kappa shape index (κ3) is 3.90. The number of hydroxylamine groups is 1. The van der Waals surface area contributed by atoms with Gasteiger partial charge in [-0.15, -0.1) is 0 Å². The average molecular weight is 377 g/mol. The Labute approximate surface area is 152 Å². The van der Waals surface area contributed by atoms with Crippen molar-refractivity contribution in [3.63, 3.8) is 0 Å². The zero-order valence-corrected chi connectivity index (χ0v) is 14.2. The lowest BCUT2D eigenvalue weighted by Gasteiger charge is -2.14. The second-order valence-corrected chi connectivity index (χ2v) is 5.86. The standard InChI is InChI=1S/C17H16FN3O6/c1-9(22)19-6-12-7-21(17(24)27-12)11-2-3-13(14(18)5-11)10-4-15(26-8-10)16(23)20-25/h2-5,8,12,25H,6-7H2,1H3,(H,19,22)(H,20,23)/t12-/m0/s1. The number of nitrogens with one attached hydrogen (secondary N) is 2. The molecule has 0 unspecified atom stereocenters. The van der Waals surface area contributed by atoms with Crippen molar-refractivity contribution in [1.29, 1.82) is 0 Å². The number of hydrogen-bond donors (Lipinski definition) is 3. The first-order valence-corrected chi connectivity index (χ1v) is 7.94. The van der Waals surface area contributed by atoms with Gasteiger partial charge >= 0.3 is 12.0 Å². The van der Waals surface area contributed by atoms with Crippen LogP contribution in [0.15, 0.2) is 34.9 Å². The molecule has 1 saturated heterocycles. The number of cyclic esters (lactones) is 1. The molecule has 1 fully saturated rings. The van der Waals surface area contributed by atoms with Crippen LogP contribution in [0.5, 0.6) is 0 Å². The molecule has 0 aliphatic carbocycles. The minimum Gasteiger partial charge on any atom is -0.458 e. The van der Waals surface area contributed by atoms with Crippen molar-refractivity contribution in [2.24, 2.45) is 0 Å². The molecule has 0 spiro atoms. The number of furan rings is 1. The fourth-order valence-corrected chi connectivity index (χ4v) is 2.65. The van der Waals surface area contributed by atoms with Gasteiger partial charge in [0.15, 0.2) is 5.76 Å². The minimum atomic E-state index is -0.858. The van der Waals surface area contributed by atoms with Crippen molar-refractivity contribution in [2.75, 3.05) is 18.0 Å². The second-order valence-electron chi connectivity index (χ2n) is 5.86. The lowest BCUT2D eigenvalue weighted by atomic mass is 10.1. The Bertz CT molecular complexity index is 897. The normalized spacial score (nSPS) is 16.2. The highest BCUT2D eigenvalue weighted by Gasteiger charge is 2.32. The molecule has 0 saturated carbocycles. The van der Waals surface area contributed by atoms with Crippen molar-refractivity contribution < 1.29 is 33.1 Å². The van der Waals surface area contributed by atoms with E-state index in [0.717, 1.165) is 6.07 Å². The zero-order chi connectivity index (χ0) is 19.6. The van der Waals surface area contributed by atoms with Gasteiger partial charge < -0.3 is 14.5 Å². The van der Waals surface area contributed by atoms with Crippen LogP contribution in [-0.2, 0) is 9.53 Å². The van der Waals surface area contributed by atoms with Gasteiger partial charge in [0.2, 0.25) is 5.91 Å². The van der Waals surface area contributed by atoms with Gasteiger partial charge in [-0.1, -0.05) is 0 Å². The number of ether oxygens (including phenoxy) is 1. The molecule has 142 valence electrons. The van der Waals surface area contributed by atoms with Crippen LogP contribution in [0.1, 0.15) is 17.5 Å². The maximum atomic E-state index is 14.5. The predicted octanol–water partition coefficient (Wildman–Crippen LogP) is 1.67. The molecule has 1 aliphatic heterocycles. The van der Waals surface area contributed by atoms with Crippen molar-refractivity contribution in [3.8, 4) is 11.1 Å². The number of benzene rings is 1. The molecule has 1 atom stereocenters. The highest BCUT2D eigenvalue weighted by atomic mass is 19.1. The fourth-order valence-electron chi connectivity index (χ4n) is 2.65. The third-order valence-electron chi connectivity index (χ3n) is 3.95. The van der Waals surface area contributed by atoms with Gasteiger partial charge in [-0.2, -0.15) is 0 Å². The van der Waals surface area contributed by atoms with E-state index in [9.17, 15) is 18.8 Å². The van der Waals surface area contributed by atoms with E-state index >= 15 is 0 Å². The molecule has 1 aromatic carbocycles. The largest absolute Gasteiger partial charge is 0.458 e. The minimum absolute atomic E-state index is 0.154. The highest BCUT2D eigenvalue weighted by molar-refractivity contribution is 5.92. The number of carbonyl (C=O) groups is 3. The van der Waals surface area contributed by atoms with E-state index in [0.29, 0.717) is 11.3 Å². The topological polar surface area (TPSA) is 121 Å². The molecule has 1 aromatic heterocycles. The quantitative estimate of drug-likeness (QED) is 0.538. The summed E-state index contributed by atoms with van der Waals surface area (Å²) in [6, 6.07) is 5.40. The van der Waals surface area contributed by atoms with E-state index in [1.165, 1.54) is 41.8 Å². The summed E-state index contributed by atoms with van der Waals surface area (Å²) in [7, 11) is 0. The number of rotatable bonds is 5. The fraction of sp³-hybridized carbons (Fsp3) is 0.235. The Morgan fingerprint density at radius 2 is 2.15 bits per heavy atom. The van der Waals surface area contributed by atoms with Crippen LogP contribution in [-0.4, -0.2) is 42.3 Å². The summed E-state index contributed by atoms with van der Waals surface area (Å²) < 4.78 is 24.7. The van der Waals surface area contributed by atoms with E-state index in [4.69, 9.17) is 14.4 Å². The van der Waals surface area contributed by atoms with E-state index in [1.54, 1.807) is 0 Å². The number of halogens is 1. The van der Waals surface area contributed by atoms with Crippen molar-refractivity contribution in [1.82, 2.24) is 10.8 Å². The molecule has 0 bridgehead atoms. The SMILES string of the molecule is CC(=O)NC[C@H]1CN(c2ccc(-c3coc(C(=O)NO)c3)c(F)c2)C(=O)O1. The molecule has 10 heteroatoms. The van der Waals surface area contributed by atoms with Crippen LogP contribution < -0.4 is 15.7 Å². The Balaban J connectivity index is 1.77. The molecule has 27 heavy (non-hydrogen) atoms. The molecule has 2 aromatic rings. The summed E-state index contributed by atoms with van der Waals surface area (Å²) in [5, 5.41) is 11.1. The summed E-state index contributed by atoms with van der Waals surface area (Å²) in [5.41, 5.74) is 2.17. The van der Waals surface area contributed by atoms with E-state index in [-0.39, 0.29) is 30.3 Å². The highest BCUT2D eigenvalue weighted by Crippen LogP contribution is 2.30. The molecular weight excluding hydrogens is 361 g/mol. The van der Waals surface area contributed by atoms with E-state index in [2.05, 4.69) is 5.32 Å². The molecule has 9 nitrogen and oxygen atoms in total. The van der Waals surface area contributed by atoms with Crippen LogP contribution in [0.4, 0.5) is 14.9 Å². The predicted molar refractivity (Wildman–Crippen MR) is 89.7 cm³/mol. The van der Waals surface area contributed by atoms with E-state index in [1.807, 2.05) is 0 Å². The van der Waals surface area contributed by atoms with Gasteiger partial charge in [-0.3, -0.25) is 19.7 Å². The zero-order valence-electron chi connectivity index (χ0n) is 14.2. The summed E-state index contributed by atoms with van der Waals surface area (Å²) in [4.78, 5) is 35.5. The summed E-state index contributed by atoms with van der Waals surface area (Å²) in [5.74, 6) is -1.92. The maximum absolute atomic E-state index is 14.5. The Kier molecular flexibility index (Phi) is 5.08. The maximum Gasteiger partial charge on any atom is 0.414 e. The average Bonchev–Trinajstić information content (AvgIpc) is 3.26. The van der Waals surface area contributed by atoms with Gasteiger partial charge in [-0.25, -0.2) is 14.7 Å². The van der Waals surface area contributed by atoms with Crippen LogP contribution in [0.25, 0.3) is 11.1 Å². The summed E-state index contributed by atoms with van der Waals surface area (Å²) >= 11 is 0. The van der Waals surface area contributed by atoms with Gasteiger partial charge in [0.1, 0.15) is 11.9 Å². The van der Waals surface area contributed by atoms with Crippen LogP contribution in [0.3, 0.4) is 0 Å². The molecular formula is C17H16FN3O6. The Hall–Kier alpha value is -3.40. The van der Waals surface area contributed by atoms with Gasteiger partial charge in [-0.05, 0) is 24.3 Å². The molecule has 3 rings (SSSR count). The number of carbonyl (C=O) groups excluding carboxylic acids is 3. The Morgan fingerprint density at radius 1 is 1.37 bits per heavy atom. The first-order valence-electron chi connectivity index (χ1n) is 7.94. The van der Waals surface area contributed by atoms with Crippen molar-refractivity contribution >= 4 is 23.6 Å². The second kappa shape index (κ2) is 7.46. The molecule has 0 radical (unpaired) electrons. The van der Waals surface area contributed by atoms with Crippen LogP contribution in [0.2, 0.25) is 0 Å². The number of amides is 3. The summed E-state index contributed by atoms with van der Waals surface area (Å²) in [6.45, 7) is 1.70. The smallest absolute Gasteiger partial charge is 0.414 e. The molecule has 3 amide bonds.